The number of fused-ring (bicyclic) bond motifs is 1. The van der Waals surface area contributed by atoms with Crippen LogP contribution in [0.1, 0.15) is 63.0 Å². The molecule has 1 amide bonds. The maximum atomic E-state index is 13.5. The predicted molar refractivity (Wildman–Crippen MR) is 144 cm³/mol. The molecule has 2 aliphatic rings. The molecule has 0 bridgehead atoms. The highest BCUT2D eigenvalue weighted by atomic mass is 16.5. The lowest BCUT2D eigenvalue weighted by atomic mass is 9.98. The minimum Gasteiger partial charge on any atom is -0.472 e. The van der Waals surface area contributed by atoms with Gasteiger partial charge in [0.15, 0.2) is 5.52 Å². The van der Waals surface area contributed by atoms with Crippen molar-refractivity contribution in [2.75, 3.05) is 22.9 Å². The van der Waals surface area contributed by atoms with Gasteiger partial charge in [0.1, 0.15) is 11.9 Å². The monoisotopic (exact) mass is 485 g/mol. The number of rotatable bonds is 5. The summed E-state index contributed by atoms with van der Waals surface area (Å²) >= 11 is 0. The second-order valence-corrected chi connectivity index (χ2v) is 9.98. The van der Waals surface area contributed by atoms with Crippen LogP contribution in [-0.2, 0) is 11.8 Å². The van der Waals surface area contributed by atoms with Crippen LogP contribution in [0, 0.1) is 25.7 Å². The van der Waals surface area contributed by atoms with Gasteiger partial charge in [0.05, 0.1) is 16.9 Å². The first-order chi connectivity index (χ1) is 17.5. The Balaban J connectivity index is 1.63. The summed E-state index contributed by atoms with van der Waals surface area (Å²) in [5, 5.41) is 4.64. The first kappa shape index (κ1) is 24.2. The van der Waals surface area contributed by atoms with E-state index in [0.717, 1.165) is 61.2 Å². The van der Waals surface area contributed by atoms with Crippen molar-refractivity contribution >= 4 is 34.1 Å². The number of ether oxygens (including phenoxy) is 1. The van der Waals surface area contributed by atoms with Crippen molar-refractivity contribution in [2.24, 2.45) is 7.05 Å². The number of amides is 1. The van der Waals surface area contributed by atoms with Crippen LogP contribution in [0.4, 0.5) is 17.2 Å². The molecule has 0 spiro atoms. The molecule has 36 heavy (non-hydrogen) atoms. The summed E-state index contributed by atoms with van der Waals surface area (Å²) in [4.78, 5) is 22.5. The first-order valence-electron chi connectivity index (χ1n) is 13.1. The minimum atomic E-state index is -0.299. The van der Waals surface area contributed by atoms with Gasteiger partial charge in [0, 0.05) is 20.1 Å². The first-order valence-corrected chi connectivity index (χ1v) is 13.1. The highest BCUT2D eigenvalue weighted by Crippen LogP contribution is 2.39. The topological polar surface area (TPSA) is 63.5 Å². The normalized spacial score (nSPS) is 16.2. The van der Waals surface area contributed by atoms with Crippen molar-refractivity contribution in [3.05, 3.63) is 35.4 Å². The zero-order valence-corrected chi connectivity index (χ0v) is 21.8. The Hall–Kier alpha value is -3.53. The third-order valence-electron chi connectivity index (χ3n) is 7.42. The van der Waals surface area contributed by atoms with Crippen molar-refractivity contribution < 1.29 is 9.53 Å². The fourth-order valence-electron chi connectivity index (χ4n) is 5.32. The van der Waals surface area contributed by atoms with E-state index in [1.807, 2.05) is 19.2 Å². The van der Waals surface area contributed by atoms with Gasteiger partial charge in [0.25, 0.3) is 5.88 Å². The van der Waals surface area contributed by atoms with Crippen molar-refractivity contribution in [2.45, 2.75) is 71.8 Å². The van der Waals surface area contributed by atoms with Crippen LogP contribution in [-0.4, -0.2) is 39.9 Å². The van der Waals surface area contributed by atoms with Gasteiger partial charge in [-0.2, -0.15) is 0 Å². The van der Waals surface area contributed by atoms with E-state index in [-0.39, 0.29) is 12.0 Å². The molecular formula is C29H35N5O2. The molecule has 7 heteroatoms. The molecule has 1 aromatic carbocycles. The Bertz CT molecular complexity index is 1340. The number of anilines is 3. The van der Waals surface area contributed by atoms with Crippen LogP contribution in [0.3, 0.4) is 0 Å². The van der Waals surface area contributed by atoms with E-state index in [9.17, 15) is 4.79 Å². The Morgan fingerprint density at radius 1 is 1.06 bits per heavy atom. The fraction of sp³-hybridized carbons (Fsp3) is 0.483. The average molecular weight is 486 g/mol. The molecule has 2 aromatic heterocycles. The van der Waals surface area contributed by atoms with Crippen LogP contribution in [0.2, 0.25) is 0 Å². The molecule has 1 aliphatic heterocycles. The number of carbonyl (C=O) groups is 1. The van der Waals surface area contributed by atoms with Gasteiger partial charge >= 0.3 is 5.91 Å². The quantitative estimate of drug-likeness (QED) is 0.441. The second kappa shape index (κ2) is 10.2. The number of carbonyl (C=O) groups excluding carboxylic acids is 1. The van der Waals surface area contributed by atoms with Gasteiger partial charge in [-0.1, -0.05) is 12.3 Å². The molecule has 188 valence electrons. The molecule has 1 aliphatic carbocycles. The van der Waals surface area contributed by atoms with Crippen LogP contribution in [0.15, 0.2) is 24.3 Å². The largest absolute Gasteiger partial charge is 0.472 e. The number of aromatic nitrogens is 3. The van der Waals surface area contributed by atoms with Crippen LogP contribution >= 0.6 is 0 Å². The third kappa shape index (κ3) is 4.65. The van der Waals surface area contributed by atoms with E-state index in [1.165, 1.54) is 24.8 Å². The zero-order valence-electron chi connectivity index (χ0n) is 21.8. The molecular weight excluding hydrogens is 450 g/mol. The summed E-state index contributed by atoms with van der Waals surface area (Å²) in [6.07, 6.45) is 8.15. The lowest BCUT2D eigenvalue weighted by Crippen LogP contribution is -2.29. The van der Waals surface area contributed by atoms with Gasteiger partial charge in [0.2, 0.25) is 0 Å². The standard InChI is InChI=1S/C29H35N5O2/c1-5-11-27(35)34(25-19-21(3)20(2)18-24(25)33-16-9-10-17-33)26-15-14-23-28(30-26)29(31-32(23)4)36-22-12-7-6-8-13-22/h14-15,18-19,22H,6-10,12-13,16-17H2,1-4H3. The van der Waals surface area contributed by atoms with Gasteiger partial charge in [-0.05, 0) is 101 Å². The van der Waals surface area contributed by atoms with Crippen molar-refractivity contribution in [1.82, 2.24) is 14.8 Å². The van der Waals surface area contributed by atoms with Crippen molar-refractivity contribution in [1.29, 1.82) is 0 Å². The summed E-state index contributed by atoms with van der Waals surface area (Å²) in [5.74, 6) is 6.31. The summed E-state index contributed by atoms with van der Waals surface area (Å²) in [6, 6.07) is 8.13. The highest BCUT2D eigenvalue weighted by Gasteiger charge is 2.27. The Labute approximate surface area is 213 Å². The van der Waals surface area contributed by atoms with E-state index in [0.29, 0.717) is 17.2 Å². The highest BCUT2D eigenvalue weighted by molar-refractivity contribution is 6.12. The molecule has 0 radical (unpaired) electrons. The van der Waals surface area contributed by atoms with E-state index < -0.39 is 0 Å². The van der Waals surface area contributed by atoms with E-state index in [2.05, 4.69) is 47.8 Å². The fourth-order valence-corrected chi connectivity index (χ4v) is 5.32. The summed E-state index contributed by atoms with van der Waals surface area (Å²) in [7, 11) is 1.90. The Morgan fingerprint density at radius 3 is 2.50 bits per heavy atom. The van der Waals surface area contributed by atoms with Crippen molar-refractivity contribution in [3.63, 3.8) is 0 Å². The summed E-state index contributed by atoms with van der Waals surface area (Å²) in [6.45, 7) is 7.84. The van der Waals surface area contributed by atoms with Gasteiger partial charge in [-0.25, -0.2) is 4.98 Å². The lowest BCUT2D eigenvalue weighted by molar-refractivity contribution is -0.112. The zero-order chi connectivity index (χ0) is 25.2. The number of benzene rings is 1. The van der Waals surface area contributed by atoms with Crippen LogP contribution < -0.4 is 14.5 Å². The molecule has 1 saturated heterocycles. The van der Waals surface area contributed by atoms with Crippen LogP contribution in [0.5, 0.6) is 5.88 Å². The van der Waals surface area contributed by atoms with E-state index >= 15 is 0 Å². The van der Waals surface area contributed by atoms with Gasteiger partial charge in [-0.3, -0.25) is 14.4 Å². The van der Waals surface area contributed by atoms with Crippen molar-refractivity contribution in [3.8, 4) is 17.7 Å². The van der Waals surface area contributed by atoms with E-state index in [4.69, 9.17) is 9.72 Å². The number of aryl methyl sites for hydroxylation is 3. The smallest absolute Gasteiger partial charge is 0.308 e. The molecule has 3 heterocycles. The number of pyridine rings is 1. The molecule has 7 nitrogen and oxygen atoms in total. The second-order valence-electron chi connectivity index (χ2n) is 9.98. The predicted octanol–water partition coefficient (Wildman–Crippen LogP) is 5.58. The third-order valence-corrected chi connectivity index (χ3v) is 7.42. The summed E-state index contributed by atoms with van der Waals surface area (Å²) < 4.78 is 8.14. The SMILES string of the molecule is CC#CC(=O)N(c1ccc2c(n1)c(OC1CCCCC1)nn2C)c1cc(C)c(C)cc1N1CCCC1. The number of nitrogens with zero attached hydrogens (tertiary/aromatic N) is 5. The molecule has 1 saturated carbocycles. The molecule has 5 rings (SSSR count). The Morgan fingerprint density at radius 2 is 1.78 bits per heavy atom. The Kier molecular flexibility index (Phi) is 6.86. The number of hydrogen-bond donors (Lipinski definition) is 0. The number of hydrogen-bond acceptors (Lipinski definition) is 5. The molecule has 3 aromatic rings. The van der Waals surface area contributed by atoms with Gasteiger partial charge in [-0.15, -0.1) is 5.10 Å². The molecule has 0 atom stereocenters. The minimum absolute atomic E-state index is 0.160. The van der Waals surface area contributed by atoms with Crippen LogP contribution in [0.25, 0.3) is 11.0 Å². The maximum Gasteiger partial charge on any atom is 0.308 e. The van der Waals surface area contributed by atoms with E-state index in [1.54, 1.807) is 16.5 Å². The molecule has 0 unspecified atom stereocenters. The molecule has 0 N–H and O–H groups in total. The van der Waals surface area contributed by atoms with Gasteiger partial charge < -0.3 is 9.64 Å². The average Bonchev–Trinajstić information content (AvgIpc) is 3.51. The molecule has 2 fully saturated rings. The maximum absolute atomic E-state index is 13.5. The lowest BCUT2D eigenvalue weighted by Gasteiger charge is -2.28. The summed E-state index contributed by atoms with van der Waals surface area (Å²) in [5.41, 5.74) is 5.74.